The monoisotopic (exact) mass is 446 g/mol. The Morgan fingerprint density at radius 3 is 2.68 bits per heavy atom. The van der Waals surface area contributed by atoms with Crippen molar-refractivity contribution < 1.29 is 17.9 Å². The van der Waals surface area contributed by atoms with Gasteiger partial charge in [0.05, 0.1) is 13.2 Å². The van der Waals surface area contributed by atoms with Gasteiger partial charge in [-0.05, 0) is 57.0 Å². The van der Waals surface area contributed by atoms with Crippen molar-refractivity contribution >= 4 is 21.6 Å². The summed E-state index contributed by atoms with van der Waals surface area (Å²) in [6, 6.07) is 9.08. The number of benzene rings is 1. The molecule has 168 valence electrons. The van der Waals surface area contributed by atoms with Gasteiger partial charge in [-0.3, -0.25) is 9.69 Å². The van der Waals surface area contributed by atoms with Crippen molar-refractivity contribution in [2.24, 2.45) is 0 Å². The molecular weight excluding hydrogens is 416 g/mol. The normalized spacial score (nSPS) is 19.9. The van der Waals surface area contributed by atoms with Crippen molar-refractivity contribution in [3.8, 4) is 5.75 Å². The molecule has 0 spiro atoms. The van der Waals surface area contributed by atoms with Gasteiger partial charge in [0.15, 0.2) is 0 Å². The number of carbonyl (C=O) groups is 1. The Balaban J connectivity index is 1.50. The highest BCUT2D eigenvalue weighted by atomic mass is 32.2. The Hall–Kier alpha value is -2.36. The Morgan fingerprint density at radius 2 is 1.94 bits per heavy atom. The van der Waals surface area contributed by atoms with Gasteiger partial charge in [0.1, 0.15) is 10.6 Å². The topological polar surface area (TPSA) is 83.9 Å². The van der Waals surface area contributed by atoms with Crippen LogP contribution in [0.3, 0.4) is 0 Å². The van der Waals surface area contributed by atoms with E-state index in [1.165, 1.54) is 16.1 Å². The number of nitrogens with zero attached hydrogens (tertiary/aromatic N) is 3. The fourth-order valence-electron chi connectivity index (χ4n) is 4.36. The number of fused-ring (bicyclic) bond motifs is 1. The molecule has 0 saturated carbocycles. The largest absolute Gasteiger partial charge is 0.492 e. The smallest absolute Gasteiger partial charge is 0.246 e. The molecule has 8 nitrogen and oxygen atoms in total. The van der Waals surface area contributed by atoms with Crippen LogP contribution in [0.2, 0.25) is 0 Å². The van der Waals surface area contributed by atoms with Crippen molar-refractivity contribution in [1.82, 2.24) is 13.8 Å². The molecule has 3 heterocycles. The Labute approximate surface area is 183 Å². The molecule has 0 aliphatic carbocycles. The van der Waals surface area contributed by atoms with Gasteiger partial charge >= 0.3 is 0 Å². The molecule has 1 aromatic heterocycles. The number of amides is 1. The number of hydrogen-bond donors (Lipinski definition) is 1. The van der Waals surface area contributed by atoms with Gasteiger partial charge in [-0.15, -0.1) is 0 Å². The fourth-order valence-corrected chi connectivity index (χ4v) is 6.03. The summed E-state index contributed by atoms with van der Waals surface area (Å²) < 4.78 is 35.6. The highest BCUT2D eigenvalue weighted by Gasteiger charge is 2.31. The van der Waals surface area contributed by atoms with E-state index in [4.69, 9.17) is 4.74 Å². The van der Waals surface area contributed by atoms with Crippen molar-refractivity contribution in [2.45, 2.75) is 44.2 Å². The average Bonchev–Trinajstić information content (AvgIpc) is 3.44. The summed E-state index contributed by atoms with van der Waals surface area (Å²) in [5, 5.41) is 2.87. The SMILES string of the molecule is CCOc1ccc(NC(=O)CN2CCn3cccc3[C@@H]2C)cc1S(=O)(=O)N1CCCC1. The van der Waals surface area contributed by atoms with Gasteiger partial charge in [0, 0.05) is 49.8 Å². The van der Waals surface area contributed by atoms with Crippen molar-refractivity contribution in [1.29, 1.82) is 0 Å². The van der Waals surface area contributed by atoms with E-state index in [1.54, 1.807) is 12.1 Å². The van der Waals surface area contributed by atoms with Crippen LogP contribution in [-0.4, -0.2) is 60.9 Å². The number of hydrogen-bond acceptors (Lipinski definition) is 5. The molecule has 2 aromatic rings. The van der Waals surface area contributed by atoms with Crippen LogP contribution in [0.5, 0.6) is 5.75 Å². The highest BCUT2D eigenvalue weighted by molar-refractivity contribution is 7.89. The van der Waals surface area contributed by atoms with E-state index in [2.05, 4.69) is 34.0 Å². The van der Waals surface area contributed by atoms with E-state index < -0.39 is 10.0 Å². The molecule has 0 unspecified atom stereocenters. The molecule has 2 aliphatic heterocycles. The third kappa shape index (κ3) is 4.49. The molecule has 1 fully saturated rings. The van der Waals surface area contributed by atoms with E-state index >= 15 is 0 Å². The summed E-state index contributed by atoms with van der Waals surface area (Å²) in [7, 11) is -3.67. The predicted octanol–water partition coefficient (Wildman–Crippen LogP) is 2.69. The van der Waals surface area contributed by atoms with E-state index in [0.29, 0.717) is 31.1 Å². The van der Waals surface area contributed by atoms with Crippen molar-refractivity contribution in [3.05, 3.63) is 42.2 Å². The molecule has 31 heavy (non-hydrogen) atoms. The Bertz CT molecular complexity index is 1040. The molecule has 1 aromatic carbocycles. The molecule has 1 saturated heterocycles. The zero-order chi connectivity index (χ0) is 22.0. The van der Waals surface area contributed by atoms with E-state index in [0.717, 1.165) is 25.9 Å². The molecule has 1 amide bonds. The van der Waals surface area contributed by atoms with Gasteiger partial charge in [0.2, 0.25) is 15.9 Å². The Kier molecular flexibility index (Phi) is 6.36. The van der Waals surface area contributed by atoms with Crippen molar-refractivity contribution in [2.75, 3.05) is 38.1 Å². The van der Waals surface area contributed by atoms with Crippen LogP contribution >= 0.6 is 0 Å². The second-order valence-electron chi connectivity index (χ2n) is 8.03. The minimum Gasteiger partial charge on any atom is -0.492 e. The van der Waals surface area contributed by atoms with Crippen LogP contribution in [0.1, 0.15) is 38.4 Å². The lowest BCUT2D eigenvalue weighted by Crippen LogP contribution is -2.41. The molecule has 4 rings (SSSR count). The van der Waals surface area contributed by atoms with Gasteiger partial charge in [0.25, 0.3) is 0 Å². The summed E-state index contributed by atoms with van der Waals surface area (Å²) in [6.07, 6.45) is 3.78. The summed E-state index contributed by atoms with van der Waals surface area (Å²) >= 11 is 0. The predicted molar refractivity (Wildman–Crippen MR) is 119 cm³/mol. The lowest BCUT2D eigenvalue weighted by molar-refractivity contribution is -0.118. The van der Waals surface area contributed by atoms with Gasteiger partial charge in [-0.1, -0.05) is 0 Å². The zero-order valence-electron chi connectivity index (χ0n) is 18.1. The third-order valence-electron chi connectivity index (χ3n) is 6.03. The number of carbonyl (C=O) groups excluding carboxylic acids is 1. The molecule has 1 N–H and O–H groups in total. The zero-order valence-corrected chi connectivity index (χ0v) is 18.9. The first-order chi connectivity index (χ1) is 14.9. The summed E-state index contributed by atoms with van der Waals surface area (Å²) in [6.45, 7) is 7.18. The standard InChI is InChI=1S/C22H30N4O4S/c1-3-30-20-9-8-18(15-21(20)31(28,29)26-11-4-5-12-26)23-22(27)16-25-14-13-24-10-6-7-19(24)17(25)2/h6-10,15,17H,3-5,11-14,16H2,1-2H3,(H,23,27)/t17-/m0/s1. The first-order valence-electron chi connectivity index (χ1n) is 10.9. The summed E-state index contributed by atoms with van der Waals surface area (Å²) in [4.78, 5) is 15.0. The fraction of sp³-hybridized carbons (Fsp3) is 0.500. The number of rotatable bonds is 7. The maximum atomic E-state index is 13.1. The summed E-state index contributed by atoms with van der Waals surface area (Å²) in [5.74, 6) is 0.151. The number of nitrogens with one attached hydrogen (secondary N) is 1. The molecule has 9 heteroatoms. The lowest BCUT2D eigenvalue weighted by atomic mass is 10.1. The van der Waals surface area contributed by atoms with Crippen LogP contribution in [0.4, 0.5) is 5.69 Å². The second kappa shape index (κ2) is 9.02. The third-order valence-corrected chi connectivity index (χ3v) is 7.95. The van der Waals surface area contributed by atoms with Crippen LogP contribution in [0.15, 0.2) is 41.4 Å². The molecule has 0 bridgehead atoms. The molecular formula is C22H30N4O4S. The molecule has 0 radical (unpaired) electrons. The van der Waals surface area contributed by atoms with Crippen molar-refractivity contribution in [3.63, 3.8) is 0 Å². The van der Waals surface area contributed by atoms with Gasteiger partial charge in [-0.2, -0.15) is 4.31 Å². The number of sulfonamides is 1. The second-order valence-corrected chi connectivity index (χ2v) is 9.93. The van der Waals surface area contributed by atoms with E-state index in [1.807, 2.05) is 13.0 Å². The molecule has 2 aliphatic rings. The maximum absolute atomic E-state index is 13.1. The van der Waals surface area contributed by atoms with Gasteiger partial charge in [-0.25, -0.2) is 8.42 Å². The average molecular weight is 447 g/mol. The van der Waals surface area contributed by atoms with Crippen LogP contribution in [-0.2, 0) is 21.4 Å². The van der Waals surface area contributed by atoms with Gasteiger partial charge < -0.3 is 14.6 Å². The van der Waals surface area contributed by atoms with E-state index in [-0.39, 0.29) is 23.4 Å². The highest BCUT2D eigenvalue weighted by Crippen LogP contribution is 2.32. The minimum atomic E-state index is -3.67. The molecule has 1 atom stereocenters. The first-order valence-corrected chi connectivity index (χ1v) is 12.3. The number of aromatic nitrogens is 1. The maximum Gasteiger partial charge on any atom is 0.246 e. The van der Waals surface area contributed by atoms with Crippen LogP contribution < -0.4 is 10.1 Å². The minimum absolute atomic E-state index is 0.109. The first kappa shape index (κ1) is 21.9. The van der Waals surface area contributed by atoms with E-state index in [9.17, 15) is 13.2 Å². The summed E-state index contributed by atoms with van der Waals surface area (Å²) in [5.41, 5.74) is 1.65. The number of ether oxygens (including phenoxy) is 1. The quantitative estimate of drug-likeness (QED) is 0.707. The number of anilines is 1. The van der Waals surface area contributed by atoms with Crippen LogP contribution in [0.25, 0.3) is 0 Å². The lowest BCUT2D eigenvalue weighted by Gasteiger charge is -2.34. The van der Waals surface area contributed by atoms with Crippen LogP contribution in [0, 0.1) is 0 Å². The Morgan fingerprint density at radius 1 is 1.16 bits per heavy atom.